The molecule has 0 aromatic heterocycles. The maximum absolute atomic E-state index is 5.20. The Kier molecular flexibility index (Phi) is 40.0. The Labute approximate surface area is 89.6 Å². The summed E-state index contributed by atoms with van der Waals surface area (Å²) in [5.74, 6) is 0. The van der Waals surface area contributed by atoms with Crippen LogP contribution >= 0.6 is 0 Å². The van der Waals surface area contributed by atoms with Crippen LogP contribution in [-0.4, -0.2) is 26.4 Å². The lowest BCUT2D eigenvalue weighted by molar-refractivity contribution is 0.0483. The normalized spacial score (nSPS) is 7.86. The van der Waals surface area contributed by atoms with Gasteiger partial charge in [-0.3, -0.25) is 0 Å². The molecule has 0 saturated heterocycles. The second-order valence-electron chi connectivity index (χ2n) is 2.22. The monoisotopic (exact) mass is 202 g/mol. The Hall–Kier alpha value is -0.600. The van der Waals surface area contributed by atoms with Crippen molar-refractivity contribution < 1.29 is 9.47 Å². The first kappa shape index (κ1) is 19.0. The van der Waals surface area contributed by atoms with Crippen molar-refractivity contribution in [2.45, 2.75) is 26.7 Å². The first-order valence-corrected chi connectivity index (χ1v) is 5.07. The molecule has 2 nitrogen and oxygen atoms in total. The van der Waals surface area contributed by atoms with Crippen molar-refractivity contribution in [3.63, 3.8) is 0 Å². The molecule has 0 fully saturated rings. The zero-order valence-electron chi connectivity index (χ0n) is 9.89. The minimum atomic E-state index is 0.744. The van der Waals surface area contributed by atoms with Crippen LogP contribution in [0.3, 0.4) is 0 Å². The van der Waals surface area contributed by atoms with E-state index in [0.717, 1.165) is 39.3 Å². The van der Waals surface area contributed by atoms with E-state index < -0.39 is 0 Å². The maximum Gasteiger partial charge on any atom is 0.0700 e. The zero-order chi connectivity index (χ0) is 11.7. The summed E-state index contributed by atoms with van der Waals surface area (Å²) < 4.78 is 10.4. The topological polar surface area (TPSA) is 18.5 Å². The molecule has 0 aromatic carbocycles. The number of rotatable bonds is 7. The van der Waals surface area contributed by atoms with Gasteiger partial charge in [-0.05, 0) is 12.8 Å². The van der Waals surface area contributed by atoms with E-state index in [-0.39, 0.29) is 0 Å². The van der Waals surface area contributed by atoms with Crippen LogP contribution in [-0.2, 0) is 9.47 Å². The molecule has 0 aromatic rings. The van der Waals surface area contributed by atoms with E-state index in [1.54, 1.807) is 0 Å². The van der Waals surface area contributed by atoms with Gasteiger partial charge in [0.15, 0.2) is 0 Å². The number of hydrogen-bond donors (Lipinski definition) is 0. The molecule has 86 valence electrons. The van der Waals surface area contributed by atoms with Gasteiger partial charge in [0.1, 0.15) is 0 Å². The Morgan fingerprint density at radius 3 is 1.14 bits per heavy atom. The molecule has 0 aliphatic rings. The fourth-order valence-electron chi connectivity index (χ4n) is 0.611. The van der Waals surface area contributed by atoms with E-state index in [0.29, 0.717) is 0 Å². The number of hydrogen-bond acceptors (Lipinski definition) is 2. The fourth-order valence-corrected chi connectivity index (χ4v) is 0.611. The summed E-state index contributed by atoms with van der Waals surface area (Å²) in [4.78, 5) is 0. The largest absolute Gasteiger partial charge is 0.379 e. The van der Waals surface area contributed by atoms with Crippen LogP contribution in [0.25, 0.3) is 0 Å². The van der Waals surface area contributed by atoms with Crippen LogP contribution in [0.5, 0.6) is 0 Å². The van der Waals surface area contributed by atoms with Gasteiger partial charge in [-0.1, -0.05) is 13.8 Å². The summed E-state index contributed by atoms with van der Waals surface area (Å²) in [7, 11) is 0. The van der Waals surface area contributed by atoms with Crippen molar-refractivity contribution in [3.8, 4) is 0 Å². The zero-order valence-corrected chi connectivity index (χ0v) is 9.89. The molecule has 0 bridgehead atoms. The molecule has 0 rings (SSSR count). The smallest absolute Gasteiger partial charge is 0.0700 e. The predicted octanol–water partition coefficient (Wildman–Crippen LogP) is 3.44. The molecular weight excluding hydrogens is 176 g/mol. The fraction of sp³-hybridized carbons (Fsp3) is 0.667. The van der Waals surface area contributed by atoms with E-state index in [1.165, 1.54) is 0 Å². The van der Waals surface area contributed by atoms with E-state index in [2.05, 4.69) is 40.2 Å². The lowest BCUT2D eigenvalue weighted by Gasteiger charge is -2.02. The Morgan fingerprint density at radius 1 is 0.643 bits per heavy atom. The van der Waals surface area contributed by atoms with Crippen LogP contribution in [0.15, 0.2) is 26.3 Å². The highest BCUT2D eigenvalue weighted by Crippen LogP contribution is 1.83. The van der Waals surface area contributed by atoms with Gasteiger partial charge >= 0.3 is 0 Å². The summed E-state index contributed by atoms with van der Waals surface area (Å²) >= 11 is 0. The Bertz CT molecular complexity index is 64.7. The minimum Gasteiger partial charge on any atom is -0.379 e. The Morgan fingerprint density at radius 2 is 0.929 bits per heavy atom. The van der Waals surface area contributed by atoms with Crippen molar-refractivity contribution >= 4 is 0 Å². The summed E-state index contributed by atoms with van der Waals surface area (Å²) in [6, 6.07) is 0. The van der Waals surface area contributed by atoms with Crippen LogP contribution in [0.4, 0.5) is 0 Å². The van der Waals surface area contributed by atoms with E-state index in [9.17, 15) is 0 Å². The van der Waals surface area contributed by atoms with E-state index in [1.807, 2.05) is 0 Å². The lowest BCUT2D eigenvalue weighted by Crippen LogP contribution is -2.04. The average molecular weight is 202 g/mol. The van der Waals surface area contributed by atoms with Crippen molar-refractivity contribution in [1.29, 1.82) is 0 Å². The van der Waals surface area contributed by atoms with Crippen LogP contribution in [0.1, 0.15) is 26.7 Å². The van der Waals surface area contributed by atoms with Crippen molar-refractivity contribution in [3.05, 3.63) is 26.3 Å². The molecule has 0 spiro atoms. The summed E-state index contributed by atoms with van der Waals surface area (Å²) in [5, 5.41) is 0. The first-order chi connectivity index (χ1) is 6.91. The van der Waals surface area contributed by atoms with E-state index in [4.69, 9.17) is 9.47 Å². The van der Waals surface area contributed by atoms with Gasteiger partial charge in [0.2, 0.25) is 0 Å². The SMILES string of the molecule is C=C.C=C.CCCOCCOCCC. The second-order valence-corrected chi connectivity index (χ2v) is 2.22. The third kappa shape index (κ3) is 30.1. The van der Waals surface area contributed by atoms with Crippen LogP contribution in [0.2, 0.25) is 0 Å². The second kappa shape index (κ2) is 29.4. The summed E-state index contributed by atoms with van der Waals surface area (Å²) in [5.41, 5.74) is 0. The number of ether oxygens (including phenoxy) is 2. The molecule has 0 saturated carbocycles. The molecule has 0 atom stereocenters. The average Bonchev–Trinajstić information content (AvgIpc) is 2.29. The highest BCUT2D eigenvalue weighted by atomic mass is 16.5. The minimum absolute atomic E-state index is 0.744. The highest BCUT2D eigenvalue weighted by molar-refractivity contribution is 4.30. The van der Waals surface area contributed by atoms with Gasteiger partial charge in [-0.25, -0.2) is 0 Å². The van der Waals surface area contributed by atoms with E-state index >= 15 is 0 Å². The molecule has 0 aliphatic heterocycles. The first-order valence-electron chi connectivity index (χ1n) is 5.07. The van der Waals surface area contributed by atoms with Crippen LogP contribution < -0.4 is 0 Å². The molecule has 14 heavy (non-hydrogen) atoms. The quantitative estimate of drug-likeness (QED) is 0.465. The lowest BCUT2D eigenvalue weighted by atomic mass is 10.5. The van der Waals surface area contributed by atoms with Crippen molar-refractivity contribution in [1.82, 2.24) is 0 Å². The molecule has 0 heterocycles. The maximum atomic E-state index is 5.20. The van der Waals surface area contributed by atoms with Gasteiger partial charge < -0.3 is 9.47 Å². The van der Waals surface area contributed by atoms with Gasteiger partial charge in [-0.2, -0.15) is 0 Å². The molecule has 0 aliphatic carbocycles. The molecule has 0 N–H and O–H groups in total. The molecule has 0 radical (unpaired) electrons. The molecule has 0 unspecified atom stereocenters. The van der Waals surface area contributed by atoms with Crippen molar-refractivity contribution in [2.75, 3.05) is 26.4 Å². The highest BCUT2D eigenvalue weighted by Gasteiger charge is 1.85. The summed E-state index contributed by atoms with van der Waals surface area (Å²) in [6.07, 6.45) is 2.18. The van der Waals surface area contributed by atoms with Gasteiger partial charge in [0.25, 0.3) is 0 Å². The molecule has 0 amide bonds. The Balaban J connectivity index is -0.000000266. The molecular formula is C12H26O2. The van der Waals surface area contributed by atoms with Crippen molar-refractivity contribution in [2.24, 2.45) is 0 Å². The third-order valence-corrected chi connectivity index (χ3v) is 1.07. The third-order valence-electron chi connectivity index (χ3n) is 1.07. The van der Waals surface area contributed by atoms with Gasteiger partial charge in [0, 0.05) is 13.2 Å². The van der Waals surface area contributed by atoms with Gasteiger partial charge in [-0.15, -0.1) is 26.3 Å². The van der Waals surface area contributed by atoms with Gasteiger partial charge in [0.05, 0.1) is 13.2 Å². The predicted molar refractivity (Wildman–Crippen MR) is 64.7 cm³/mol. The summed E-state index contributed by atoms with van der Waals surface area (Å²) in [6.45, 7) is 19.4. The molecule has 2 heteroatoms. The van der Waals surface area contributed by atoms with Crippen LogP contribution in [0, 0.1) is 0 Å². The standard InChI is InChI=1S/C8H18O2.2C2H4/c1-3-5-9-7-8-10-6-4-2;2*1-2/h3-8H2,1-2H3;2*1-2H2.